The van der Waals surface area contributed by atoms with E-state index in [1.165, 1.54) is 6.34 Å². The summed E-state index contributed by atoms with van der Waals surface area (Å²) in [5.74, 6) is 0.477. The lowest BCUT2D eigenvalue weighted by Gasteiger charge is -2.20. The first-order valence-electron chi connectivity index (χ1n) is 5.60. The average molecular weight is 224 g/mol. The second-order valence-corrected chi connectivity index (χ2v) is 2.50. The van der Waals surface area contributed by atoms with E-state index < -0.39 is 0 Å². The molecule has 1 rings (SSSR count). The highest BCUT2D eigenvalue weighted by atomic mass is 15.5. The number of hydrogen-bond donors (Lipinski definition) is 1. The van der Waals surface area contributed by atoms with E-state index >= 15 is 0 Å². The van der Waals surface area contributed by atoms with Crippen LogP contribution in [0.3, 0.4) is 0 Å². The monoisotopic (exact) mass is 224 g/mol. The third-order valence-corrected chi connectivity index (χ3v) is 1.67. The van der Waals surface area contributed by atoms with Gasteiger partial charge in [0.25, 0.3) is 0 Å². The quantitative estimate of drug-likeness (QED) is 0.744. The molecule has 0 bridgehead atoms. The van der Waals surface area contributed by atoms with Crippen molar-refractivity contribution >= 4 is 12.2 Å². The van der Waals surface area contributed by atoms with Gasteiger partial charge in [-0.2, -0.15) is 5.10 Å². The highest BCUT2D eigenvalue weighted by Crippen LogP contribution is 2.12. The molecule has 0 aromatic rings. The molecule has 0 unspecified atom stereocenters. The fraction of sp³-hybridized carbons (Fsp3) is 0.500. The van der Waals surface area contributed by atoms with Gasteiger partial charge in [-0.25, -0.2) is 4.99 Å². The standard InChI is InChI=1S/C8H12N4.2C2H6/c1-4-6(2)7-8(9)10-5-11-12(7)3;2*1-2/h4-5H,1H2,2-3H3,(H2,9,10,11);2*1-2H3/b7-6-;;. The molecule has 4 nitrogen and oxygen atoms in total. The Balaban J connectivity index is 0. The lowest BCUT2D eigenvalue weighted by Crippen LogP contribution is -2.29. The molecule has 1 aliphatic rings. The van der Waals surface area contributed by atoms with Crippen molar-refractivity contribution in [2.45, 2.75) is 34.6 Å². The third kappa shape index (κ3) is 4.77. The first-order chi connectivity index (χ1) is 7.66. The van der Waals surface area contributed by atoms with Crippen molar-refractivity contribution in [1.29, 1.82) is 0 Å². The summed E-state index contributed by atoms with van der Waals surface area (Å²) in [5.41, 5.74) is 7.44. The van der Waals surface area contributed by atoms with Crippen molar-refractivity contribution in [3.05, 3.63) is 23.9 Å². The van der Waals surface area contributed by atoms with E-state index in [0.29, 0.717) is 5.84 Å². The Labute approximate surface area is 99.2 Å². The van der Waals surface area contributed by atoms with E-state index in [1.807, 2.05) is 41.7 Å². The molecule has 0 radical (unpaired) electrons. The second kappa shape index (κ2) is 9.96. The van der Waals surface area contributed by atoms with Crippen LogP contribution >= 0.6 is 0 Å². The summed E-state index contributed by atoms with van der Waals surface area (Å²) in [6, 6.07) is 0. The van der Waals surface area contributed by atoms with Crippen LogP contribution in [0.25, 0.3) is 0 Å². The topological polar surface area (TPSA) is 54.0 Å². The molecule has 0 spiro atoms. The molecule has 0 aromatic carbocycles. The molecular weight excluding hydrogens is 200 g/mol. The molecule has 0 saturated heterocycles. The zero-order chi connectivity index (χ0) is 13.1. The molecule has 0 aromatic heterocycles. The number of allylic oxidation sites excluding steroid dienone is 2. The van der Waals surface area contributed by atoms with E-state index in [2.05, 4.69) is 16.7 Å². The summed E-state index contributed by atoms with van der Waals surface area (Å²) in [4.78, 5) is 3.89. The van der Waals surface area contributed by atoms with Crippen molar-refractivity contribution in [2.75, 3.05) is 7.05 Å². The SMILES string of the molecule is C=C/C(C)=C1/C(N)=NC=NN1C.CC.CC. The van der Waals surface area contributed by atoms with Crippen molar-refractivity contribution in [3.8, 4) is 0 Å². The third-order valence-electron chi connectivity index (χ3n) is 1.67. The van der Waals surface area contributed by atoms with Crippen LogP contribution in [0, 0.1) is 0 Å². The number of nitrogens with zero attached hydrogens (tertiary/aromatic N) is 3. The molecule has 0 atom stereocenters. The maximum atomic E-state index is 5.66. The van der Waals surface area contributed by atoms with E-state index in [1.54, 1.807) is 11.1 Å². The number of hydrazone groups is 1. The summed E-state index contributed by atoms with van der Waals surface area (Å²) < 4.78 is 0. The summed E-state index contributed by atoms with van der Waals surface area (Å²) in [6.07, 6.45) is 3.16. The maximum absolute atomic E-state index is 5.66. The Morgan fingerprint density at radius 3 is 2.25 bits per heavy atom. The highest BCUT2D eigenvalue weighted by Gasteiger charge is 2.12. The molecule has 0 saturated carbocycles. The molecule has 92 valence electrons. The first-order valence-corrected chi connectivity index (χ1v) is 5.60. The van der Waals surface area contributed by atoms with Gasteiger partial charge in [-0.1, -0.05) is 40.3 Å². The minimum absolute atomic E-state index is 0.477. The Morgan fingerprint density at radius 2 is 1.88 bits per heavy atom. The normalized spacial score (nSPS) is 16.1. The zero-order valence-corrected chi connectivity index (χ0v) is 11.3. The number of nitrogens with two attached hydrogens (primary N) is 1. The number of aliphatic imine (C=N–C) groups is 1. The molecular formula is C12H24N4. The van der Waals surface area contributed by atoms with Gasteiger partial charge in [0.2, 0.25) is 0 Å². The highest BCUT2D eigenvalue weighted by molar-refractivity contribution is 6.02. The molecule has 0 fully saturated rings. The van der Waals surface area contributed by atoms with Crippen molar-refractivity contribution < 1.29 is 0 Å². The van der Waals surface area contributed by atoms with Crippen LogP contribution in [0.15, 0.2) is 34.0 Å². The van der Waals surface area contributed by atoms with Crippen LogP contribution < -0.4 is 5.73 Å². The number of likely N-dealkylation sites (N-methyl/N-ethyl adjacent to an activating group) is 1. The van der Waals surface area contributed by atoms with Crippen LogP contribution in [0.5, 0.6) is 0 Å². The van der Waals surface area contributed by atoms with Gasteiger partial charge < -0.3 is 5.73 Å². The Bertz CT molecular complexity index is 287. The Morgan fingerprint density at radius 1 is 1.38 bits per heavy atom. The van der Waals surface area contributed by atoms with Crippen molar-refractivity contribution in [3.63, 3.8) is 0 Å². The maximum Gasteiger partial charge on any atom is 0.151 e. The number of hydrogen-bond acceptors (Lipinski definition) is 4. The van der Waals surface area contributed by atoms with Crippen LogP contribution in [0.2, 0.25) is 0 Å². The fourth-order valence-electron chi connectivity index (χ4n) is 1.00. The molecule has 1 aliphatic heterocycles. The predicted octanol–water partition coefficient (Wildman–Crippen LogP) is 2.74. The summed E-state index contributed by atoms with van der Waals surface area (Å²) in [6.45, 7) is 13.6. The average Bonchev–Trinajstić information content (AvgIpc) is 2.33. The number of rotatable bonds is 1. The van der Waals surface area contributed by atoms with Gasteiger partial charge in [0.1, 0.15) is 12.0 Å². The lowest BCUT2D eigenvalue weighted by atomic mass is 10.2. The van der Waals surface area contributed by atoms with Gasteiger partial charge in [0.05, 0.1) is 0 Å². The van der Waals surface area contributed by atoms with Crippen LogP contribution in [-0.2, 0) is 0 Å². The van der Waals surface area contributed by atoms with Crippen molar-refractivity contribution in [1.82, 2.24) is 5.01 Å². The van der Waals surface area contributed by atoms with Crippen LogP contribution in [-0.4, -0.2) is 24.2 Å². The summed E-state index contributed by atoms with van der Waals surface area (Å²) in [5, 5.41) is 5.65. The predicted molar refractivity (Wildman–Crippen MR) is 73.5 cm³/mol. The van der Waals surface area contributed by atoms with Crippen LogP contribution in [0.4, 0.5) is 0 Å². The molecule has 0 amide bonds. The largest absolute Gasteiger partial charge is 0.382 e. The molecule has 0 aliphatic carbocycles. The fourth-order valence-corrected chi connectivity index (χ4v) is 1.00. The minimum atomic E-state index is 0.477. The zero-order valence-electron chi connectivity index (χ0n) is 11.3. The molecule has 4 heteroatoms. The van der Waals surface area contributed by atoms with Gasteiger partial charge in [-0.3, -0.25) is 5.01 Å². The van der Waals surface area contributed by atoms with Crippen molar-refractivity contribution in [2.24, 2.45) is 15.8 Å². The summed E-state index contributed by atoms with van der Waals surface area (Å²) >= 11 is 0. The smallest absolute Gasteiger partial charge is 0.151 e. The minimum Gasteiger partial charge on any atom is -0.382 e. The Hall–Kier alpha value is -1.58. The second-order valence-electron chi connectivity index (χ2n) is 2.50. The Kier molecular flexibility index (Phi) is 10.5. The van der Waals surface area contributed by atoms with Gasteiger partial charge in [-0.15, -0.1) is 0 Å². The molecule has 2 N–H and O–H groups in total. The van der Waals surface area contributed by atoms with Gasteiger partial charge in [0, 0.05) is 7.05 Å². The molecule has 1 heterocycles. The number of amidine groups is 1. The van der Waals surface area contributed by atoms with Gasteiger partial charge >= 0.3 is 0 Å². The van der Waals surface area contributed by atoms with E-state index in [4.69, 9.17) is 5.73 Å². The molecule has 16 heavy (non-hydrogen) atoms. The van der Waals surface area contributed by atoms with E-state index in [0.717, 1.165) is 11.3 Å². The summed E-state index contributed by atoms with van der Waals surface area (Å²) in [7, 11) is 1.82. The van der Waals surface area contributed by atoms with Gasteiger partial charge in [0.15, 0.2) is 5.84 Å². The lowest BCUT2D eigenvalue weighted by molar-refractivity contribution is 0.462. The van der Waals surface area contributed by atoms with Gasteiger partial charge in [-0.05, 0) is 12.5 Å². The van der Waals surface area contributed by atoms with Crippen LogP contribution in [0.1, 0.15) is 34.6 Å². The van der Waals surface area contributed by atoms with E-state index in [9.17, 15) is 0 Å². The van der Waals surface area contributed by atoms with E-state index in [-0.39, 0.29) is 0 Å². The first kappa shape index (κ1) is 16.8.